The molecular weight excluding hydrogens is 214 g/mol. The van der Waals surface area contributed by atoms with Crippen molar-refractivity contribution in [3.8, 4) is 5.75 Å². The van der Waals surface area contributed by atoms with E-state index in [0.717, 1.165) is 24.3 Å². The average molecular weight is 237 g/mol. The van der Waals surface area contributed by atoms with E-state index in [1.54, 1.807) is 0 Å². The molecule has 17 heavy (non-hydrogen) atoms. The molecule has 0 fully saturated rings. The summed E-state index contributed by atoms with van der Waals surface area (Å²) in [5.74, 6) is 0.905. The summed E-state index contributed by atoms with van der Waals surface area (Å²) in [7, 11) is 0. The van der Waals surface area contributed by atoms with Crippen molar-refractivity contribution in [2.45, 2.75) is 45.6 Å². The summed E-state index contributed by atoms with van der Waals surface area (Å²) < 4.78 is 5.64. The van der Waals surface area contributed by atoms with Gasteiger partial charge >= 0.3 is 0 Å². The fraction of sp³-hybridized carbons (Fsp3) is 0.571. The van der Waals surface area contributed by atoms with Gasteiger partial charge in [0.25, 0.3) is 0 Å². The van der Waals surface area contributed by atoms with Crippen LogP contribution in [-0.2, 0) is 6.54 Å². The zero-order valence-electron chi connectivity index (χ0n) is 10.6. The smallest absolute Gasteiger partial charge is 0.119 e. The van der Waals surface area contributed by atoms with E-state index in [1.807, 2.05) is 24.3 Å². The maximum atomic E-state index is 8.55. The van der Waals surface area contributed by atoms with Crippen LogP contribution in [0.4, 0.5) is 0 Å². The number of hydrogen-bond acceptors (Lipinski definition) is 3. The van der Waals surface area contributed by atoms with E-state index in [1.165, 1.54) is 25.7 Å². The van der Waals surface area contributed by atoms with Crippen molar-refractivity contribution in [3.63, 3.8) is 0 Å². The Bertz CT molecular complexity index is 285. The molecule has 0 atom stereocenters. The molecule has 0 aromatic heterocycles. The lowest BCUT2D eigenvalue weighted by Gasteiger charge is -2.06. The lowest BCUT2D eigenvalue weighted by atomic mass is 10.2. The number of hydroxylamine groups is 1. The van der Waals surface area contributed by atoms with Crippen molar-refractivity contribution in [1.82, 2.24) is 5.48 Å². The summed E-state index contributed by atoms with van der Waals surface area (Å²) in [5.41, 5.74) is 3.18. The van der Waals surface area contributed by atoms with Gasteiger partial charge in [-0.25, -0.2) is 5.48 Å². The van der Waals surface area contributed by atoms with Gasteiger partial charge in [-0.3, -0.25) is 0 Å². The summed E-state index contributed by atoms with van der Waals surface area (Å²) >= 11 is 0. The van der Waals surface area contributed by atoms with Gasteiger partial charge in [-0.2, -0.15) is 0 Å². The van der Waals surface area contributed by atoms with Crippen LogP contribution in [0, 0.1) is 0 Å². The van der Waals surface area contributed by atoms with Crippen LogP contribution in [0.5, 0.6) is 5.75 Å². The Hall–Kier alpha value is -1.06. The van der Waals surface area contributed by atoms with E-state index >= 15 is 0 Å². The number of unbranched alkanes of at least 4 members (excludes halogenated alkanes) is 4. The second kappa shape index (κ2) is 9.02. The highest BCUT2D eigenvalue weighted by Gasteiger charge is 1.95. The molecule has 0 unspecified atom stereocenters. The van der Waals surface area contributed by atoms with Gasteiger partial charge in [0.05, 0.1) is 6.61 Å². The molecule has 0 aliphatic rings. The summed E-state index contributed by atoms with van der Waals surface area (Å²) in [5, 5.41) is 8.55. The van der Waals surface area contributed by atoms with Gasteiger partial charge in [0.2, 0.25) is 0 Å². The maximum absolute atomic E-state index is 8.55. The Balaban J connectivity index is 2.14. The number of rotatable bonds is 9. The Morgan fingerprint density at radius 2 is 1.76 bits per heavy atom. The van der Waals surface area contributed by atoms with Gasteiger partial charge < -0.3 is 9.94 Å². The van der Waals surface area contributed by atoms with E-state index in [4.69, 9.17) is 9.94 Å². The van der Waals surface area contributed by atoms with Gasteiger partial charge in [0.15, 0.2) is 0 Å². The molecule has 2 N–H and O–H groups in total. The first-order chi connectivity index (χ1) is 8.36. The van der Waals surface area contributed by atoms with Gasteiger partial charge in [-0.1, -0.05) is 44.7 Å². The normalized spacial score (nSPS) is 10.5. The fourth-order valence-electron chi connectivity index (χ4n) is 1.69. The molecule has 0 heterocycles. The Labute approximate surface area is 104 Å². The SMILES string of the molecule is CCCCCCCOc1ccc(CNO)cc1. The predicted molar refractivity (Wildman–Crippen MR) is 69.3 cm³/mol. The lowest BCUT2D eigenvalue weighted by Crippen LogP contribution is -2.05. The Morgan fingerprint density at radius 3 is 2.41 bits per heavy atom. The van der Waals surface area contributed by atoms with Crippen LogP contribution in [0.1, 0.15) is 44.6 Å². The van der Waals surface area contributed by atoms with Crippen LogP contribution in [0.2, 0.25) is 0 Å². The third-order valence-corrected chi connectivity index (χ3v) is 2.72. The van der Waals surface area contributed by atoms with Gasteiger partial charge in [-0.05, 0) is 24.1 Å². The van der Waals surface area contributed by atoms with Crippen LogP contribution >= 0.6 is 0 Å². The van der Waals surface area contributed by atoms with Crippen molar-refractivity contribution < 1.29 is 9.94 Å². The highest BCUT2D eigenvalue weighted by Crippen LogP contribution is 2.13. The second-order valence-corrected chi connectivity index (χ2v) is 4.24. The molecular formula is C14H23NO2. The minimum Gasteiger partial charge on any atom is -0.494 e. The average Bonchev–Trinajstić information content (AvgIpc) is 2.36. The van der Waals surface area contributed by atoms with E-state index in [-0.39, 0.29) is 0 Å². The van der Waals surface area contributed by atoms with Crippen molar-refractivity contribution in [1.29, 1.82) is 0 Å². The summed E-state index contributed by atoms with van der Waals surface area (Å²) in [6.07, 6.45) is 6.28. The first-order valence-electron chi connectivity index (χ1n) is 6.45. The van der Waals surface area contributed by atoms with E-state index < -0.39 is 0 Å². The first-order valence-corrected chi connectivity index (χ1v) is 6.45. The summed E-state index contributed by atoms with van der Waals surface area (Å²) in [6.45, 7) is 3.48. The summed E-state index contributed by atoms with van der Waals surface area (Å²) in [4.78, 5) is 0. The van der Waals surface area contributed by atoms with Crippen LogP contribution in [0.15, 0.2) is 24.3 Å². The standard InChI is InChI=1S/C14H23NO2/c1-2-3-4-5-6-11-17-14-9-7-13(8-10-14)12-15-16/h7-10,15-16H,2-6,11-12H2,1H3. The molecule has 0 bridgehead atoms. The van der Waals surface area contributed by atoms with Crippen LogP contribution in [-0.4, -0.2) is 11.8 Å². The lowest BCUT2D eigenvalue weighted by molar-refractivity contribution is 0.161. The molecule has 0 radical (unpaired) electrons. The van der Waals surface area contributed by atoms with Crippen LogP contribution in [0.25, 0.3) is 0 Å². The molecule has 0 aliphatic carbocycles. The number of benzene rings is 1. The van der Waals surface area contributed by atoms with Gasteiger partial charge in [0, 0.05) is 6.54 Å². The number of hydrogen-bond donors (Lipinski definition) is 2. The second-order valence-electron chi connectivity index (χ2n) is 4.24. The zero-order valence-corrected chi connectivity index (χ0v) is 10.6. The number of nitrogens with one attached hydrogen (secondary N) is 1. The van der Waals surface area contributed by atoms with Crippen molar-refractivity contribution in [3.05, 3.63) is 29.8 Å². The molecule has 1 aromatic carbocycles. The molecule has 3 heteroatoms. The molecule has 96 valence electrons. The van der Waals surface area contributed by atoms with Crippen molar-refractivity contribution in [2.24, 2.45) is 0 Å². The van der Waals surface area contributed by atoms with E-state index in [0.29, 0.717) is 6.54 Å². The molecule has 0 aliphatic heterocycles. The molecule has 1 rings (SSSR count). The summed E-state index contributed by atoms with van der Waals surface area (Å²) in [6, 6.07) is 7.79. The maximum Gasteiger partial charge on any atom is 0.119 e. The minimum absolute atomic E-state index is 0.470. The zero-order chi connectivity index (χ0) is 12.3. The largest absolute Gasteiger partial charge is 0.494 e. The van der Waals surface area contributed by atoms with Crippen LogP contribution < -0.4 is 10.2 Å². The number of ether oxygens (including phenoxy) is 1. The predicted octanol–water partition coefficient (Wildman–Crippen LogP) is 3.51. The Morgan fingerprint density at radius 1 is 1.06 bits per heavy atom. The molecule has 0 amide bonds. The highest BCUT2D eigenvalue weighted by molar-refractivity contribution is 5.27. The molecule has 0 spiro atoms. The highest BCUT2D eigenvalue weighted by atomic mass is 16.5. The topological polar surface area (TPSA) is 41.5 Å². The van der Waals surface area contributed by atoms with Crippen molar-refractivity contribution in [2.75, 3.05) is 6.61 Å². The quantitative estimate of drug-likeness (QED) is 0.510. The molecule has 0 saturated carbocycles. The van der Waals surface area contributed by atoms with Gasteiger partial charge in [0.1, 0.15) is 5.75 Å². The van der Waals surface area contributed by atoms with Crippen LogP contribution in [0.3, 0.4) is 0 Å². The Kier molecular flexibility index (Phi) is 7.43. The van der Waals surface area contributed by atoms with E-state index in [9.17, 15) is 0 Å². The van der Waals surface area contributed by atoms with Crippen molar-refractivity contribution >= 4 is 0 Å². The first kappa shape index (κ1) is 14.0. The van der Waals surface area contributed by atoms with E-state index in [2.05, 4.69) is 12.4 Å². The molecule has 1 aromatic rings. The third kappa shape index (κ3) is 6.29. The molecule has 3 nitrogen and oxygen atoms in total. The molecule has 0 saturated heterocycles. The van der Waals surface area contributed by atoms with Gasteiger partial charge in [-0.15, -0.1) is 0 Å². The monoisotopic (exact) mass is 237 g/mol. The minimum atomic E-state index is 0.470. The third-order valence-electron chi connectivity index (χ3n) is 2.72. The fourth-order valence-corrected chi connectivity index (χ4v) is 1.69.